The third-order valence-electron chi connectivity index (χ3n) is 4.29. The zero-order valence-corrected chi connectivity index (χ0v) is 16.2. The van der Waals surface area contributed by atoms with Gasteiger partial charge in [-0.25, -0.2) is 4.79 Å². The lowest BCUT2D eigenvalue weighted by Gasteiger charge is -2.24. The standard InChI is InChI=1S/C22H26N2O3/c1-22(2,3)24-21(25)27-20(15-9-11-17(26-4)12-10-15)13-16-14-23-19-8-6-5-7-18(16)19/h5-12,14,20,23H,13H2,1-4H3,(H,24,25)/t20-/m0/s1. The van der Waals surface area contributed by atoms with Gasteiger partial charge in [0.15, 0.2) is 0 Å². The highest BCUT2D eigenvalue weighted by molar-refractivity contribution is 5.83. The fraction of sp³-hybridized carbons (Fsp3) is 0.318. The number of benzene rings is 2. The molecule has 5 nitrogen and oxygen atoms in total. The lowest BCUT2D eigenvalue weighted by atomic mass is 10.0. The number of amides is 1. The molecule has 1 atom stereocenters. The van der Waals surface area contributed by atoms with Gasteiger partial charge in [0.25, 0.3) is 0 Å². The highest BCUT2D eigenvalue weighted by Gasteiger charge is 2.22. The second-order valence-electron chi connectivity index (χ2n) is 7.61. The van der Waals surface area contributed by atoms with Gasteiger partial charge < -0.3 is 19.8 Å². The van der Waals surface area contributed by atoms with E-state index in [4.69, 9.17) is 9.47 Å². The number of aromatic amines is 1. The largest absolute Gasteiger partial charge is 0.497 e. The molecule has 0 saturated carbocycles. The predicted molar refractivity (Wildman–Crippen MR) is 107 cm³/mol. The highest BCUT2D eigenvalue weighted by atomic mass is 16.6. The fourth-order valence-electron chi connectivity index (χ4n) is 3.01. The average molecular weight is 366 g/mol. The van der Waals surface area contributed by atoms with E-state index in [1.54, 1.807) is 7.11 Å². The molecule has 1 heterocycles. The van der Waals surface area contributed by atoms with Crippen molar-refractivity contribution in [2.45, 2.75) is 38.8 Å². The van der Waals surface area contributed by atoms with Crippen LogP contribution in [0.4, 0.5) is 4.79 Å². The van der Waals surface area contributed by atoms with Crippen LogP contribution in [-0.2, 0) is 11.2 Å². The molecule has 0 aliphatic heterocycles. The summed E-state index contributed by atoms with van der Waals surface area (Å²) in [6.07, 6.45) is 1.72. The Balaban J connectivity index is 1.87. The Morgan fingerprint density at radius 3 is 2.48 bits per heavy atom. The Kier molecular flexibility index (Phi) is 5.40. The van der Waals surface area contributed by atoms with E-state index >= 15 is 0 Å². The summed E-state index contributed by atoms with van der Waals surface area (Å²) in [5.41, 5.74) is 2.74. The topological polar surface area (TPSA) is 63.4 Å². The maximum Gasteiger partial charge on any atom is 0.408 e. The number of carbonyl (C=O) groups excluding carboxylic acids is 1. The second-order valence-corrected chi connectivity index (χ2v) is 7.61. The number of para-hydroxylation sites is 1. The zero-order valence-electron chi connectivity index (χ0n) is 16.2. The summed E-state index contributed by atoms with van der Waals surface area (Å²) >= 11 is 0. The molecule has 1 amide bonds. The maximum atomic E-state index is 12.4. The molecule has 0 aliphatic carbocycles. The lowest BCUT2D eigenvalue weighted by Crippen LogP contribution is -2.41. The molecular weight excluding hydrogens is 340 g/mol. The van der Waals surface area contributed by atoms with Gasteiger partial charge in [0, 0.05) is 29.1 Å². The average Bonchev–Trinajstić information content (AvgIpc) is 3.03. The first-order valence-electron chi connectivity index (χ1n) is 9.03. The van der Waals surface area contributed by atoms with Crippen molar-refractivity contribution in [2.75, 3.05) is 7.11 Å². The van der Waals surface area contributed by atoms with Crippen molar-refractivity contribution in [3.8, 4) is 5.75 Å². The molecule has 0 fully saturated rings. The van der Waals surface area contributed by atoms with Crippen LogP contribution < -0.4 is 10.1 Å². The van der Waals surface area contributed by atoms with Crippen LogP contribution in [0.15, 0.2) is 54.7 Å². The molecule has 0 bridgehead atoms. The van der Waals surface area contributed by atoms with E-state index in [-0.39, 0.29) is 5.54 Å². The number of hydrogen-bond acceptors (Lipinski definition) is 3. The van der Waals surface area contributed by atoms with Crippen molar-refractivity contribution < 1.29 is 14.3 Å². The third-order valence-corrected chi connectivity index (χ3v) is 4.29. The number of carbonyl (C=O) groups is 1. The quantitative estimate of drug-likeness (QED) is 0.669. The van der Waals surface area contributed by atoms with Crippen LogP contribution in [-0.4, -0.2) is 23.7 Å². The molecule has 142 valence electrons. The third kappa shape index (κ3) is 4.82. The Morgan fingerprint density at radius 1 is 1.11 bits per heavy atom. The number of hydrogen-bond donors (Lipinski definition) is 2. The normalized spacial score (nSPS) is 12.6. The number of H-pyrrole nitrogens is 1. The van der Waals surface area contributed by atoms with E-state index < -0.39 is 12.2 Å². The SMILES string of the molecule is COc1ccc([C@H](Cc2c[nH]c3ccccc23)OC(=O)NC(C)(C)C)cc1. The van der Waals surface area contributed by atoms with E-state index in [1.807, 2.05) is 69.4 Å². The van der Waals surface area contributed by atoms with Gasteiger partial charge >= 0.3 is 6.09 Å². The molecule has 0 radical (unpaired) electrons. The molecule has 5 heteroatoms. The molecule has 27 heavy (non-hydrogen) atoms. The molecule has 0 aliphatic rings. The van der Waals surface area contributed by atoms with E-state index in [9.17, 15) is 4.79 Å². The summed E-state index contributed by atoms with van der Waals surface area (Å²) in [7, 11) is 1.63. The summed E-state index contributed by atoms with van der Waals surface area (Å²) in [4.78, 5) is 15.7. The van der Waals surface area contributed by atoms with Crippen LogP contribution in [0.5, 0.6) is 5.75 Å². The number of nitrogens with one attached hydrogen (secondary N) is 2. The summed E-state index contributed by atoms with van der Waals surface area (Å²) in [5.74, 6) is 0.767. The molecular formula is C22H26N2O3. The van der Waals surface area contributed by atoms with E-state index in [2.05, 4.69) is 16.4 Å². The summed E-state index contributed by atoms with van der Waals surface area (Å²) < 4.78 is 11.0. The molecule has 0 spiro atoms. The molecule has 2 N–H and O–H groups in total. The van der Waals surface area contributed by atoms with Gasteiger partial charge in [-0.1, -0.05) is 30.3 Å². The van der Waals surface area contributed by atoms with Crippen LogP contribution in [0.1, 0.15) is 38.0 Å². The number of methoxy groups -OCH3 is 1. The molecule has 3 rings (SSSR count). The molecule has 0 unspecified atom stereocenters. The number of ether oxygens (including phenoxy) is 2. The predicted octanol–water partition coefficient (Wildman–Crippen LogP) is 4.99. The van der Waals surface area contributed by atoms with Gasteiger partial charge in [-0.05, 0) is 50.1 Å². The molecule has 0 saturated heterocycles. The van der Waals surface area contributed by atoms with Gasteiger partial charge in [0.1, 0.15) is 11.9 Å². The van der Waals surface area contributed by atoms with E-state index in [0.717, 1.165) is 27.8 Å². The minimum absolute atomic E-state index is 0.359. The van der Waals surface area contributed by atoms with Gasteiger partial charge in [-0.3, -0.25) is 0 Å². The molecule has 3 aromatic rings. The highest BCUT2D eigenvalue weighted by Crippen LogP contribution is 2.28. The van der Waals surface area contributed by atoms with Gasteiger partial charge in [-0.2, -0.15) is 0 Å². The Hall–Kier alpha value is -2.95. The molecule has 1 aromatic heterocycles. The fourth-order valence-corrected chi connectivity index (χ4v) is 3.01. The first-order chi connectivity index (χ1) is 12.9. The number of alkyl carbamates (subject to hydrolysis) is 1. The van der Waals surface area contributed by atoms with Crippen LogP contribution in [0.2, 0.25) is 0 Å². The first-order valence-corrected chi connectivity index (χ1v) is 9.03. The Bertz CT molecular complexity index is 907. The van der Waals surface area contributed by atoms with Crippen LogP contribution >= 0.6 is 0 Å². The van der Waals surface area contributed by atoms with Crippen molar-refractivity contribution in [3.05, 3.63) is 65.9 Å². The lowest BCUT2D eigenvalue weighted by molar-refractivity contribution is 0.0911. The second kappa shape index (κ2) is 7.74. The smallest absolute Gasteiger partial charge is 0.408 e. The zero-order chi connectivity index (χ0) is 19.4. The van der Waals surface area contributed by atoms with Crippen molar-refractivity contribution in [3.63, 3.8) is 0 Å². The van der Waals surface area contributed by atoms with Crippen molar-refractivity contribution in [1.29, 1.82) is 0 Å². The van der Waals surface area contributed by atoms with Crippen LogP contribution in [0.3, 0.4) is 0 Å². The number of fused-ring (bicyclic) bond motifs is 1. The Labute approximate surface area is 159 Å². The van der Waals surface area contributed by atoms with Crippen molar-refractivity contribution >= 4 is 17.0 Å². The van der Waals surface area contributed by atoms with Gasteiger partial charge in [-0.15, -0.1) is 0 Å². The van der Waals surface area contributed by atoms with Gasteiger partial charge in [0.05, 0.1) is 7.11 Å². The van der Waals surface area contributed by atoms with E-state index in [0.29, 0.717) is 6.42 Å². The Morgan fingerprint density at radius 2 is 1.81 bits per heavy atom. The summed E-state index contributed by atoms with van der Waals surface area (Å²) in [6, 6.07) is 15.7. The number of rotatable bonds is 5. The van der Waals surface area contributed by atoms with Crippen LogP contribution in [0, 0.1) is 0 Å². The minimum Gasteiger partial charge on any atom is -0.497 e. The van der Waals surface area contributed by atoms with E-state index in [1.165, 1.54) is 0 Å². The van der Waals surface area contributed by atoms with Crippen LogP contribution in [0.25, 0.3) is 10.9 Å². The van der Waals surface area contributed by atoms with Gasteiger partial charge in [0.2, 0.25) is 0 Å². The van der Waals surface area contributed by atoms with Crippen molar-refractivity contribution in [1.82, 2.24) is 10.3 Å². The maximum absolute atomic E-state index is 12.4. The van der Waals surface area contributed by atoms with Crippen molar-refractivity contribution in [2.24, 2.45) is 0 Å². The first kappa shape index (κ1) is 18.8. The number of aromatic nitrogens is 1. The summed E-state index contributed by atoms with van der Waals surface area (Å²) in [6.45, 7) is 5.78. The summed E-state index contributed by atoms with van der Waals surface area (Å²) in [5, 5.41) is 4.00. The molecule has 2 aromatic carbocycles. The minimum atomic E-state index is -0.428. The monoisotopic (exact) mass is 366 g/mol.